The molecule has 1 fully saturated rings. The van der Waals surface area contributed by atoms with Gasteiger partial charge in [-0.3, -0.25) is 4.79 Å². The summed E-state index contributed by atoms with van der Waals surface area (Å²) >= 11 is 0. The fraction of sp³-hybridized carbons (Fsp3) is 0.250. The van der Waals surface area contributed by atoms with E-state index in [4.69, 9.17) is 0 Å². The number of nitrogens with zero attached hydrogens (tertiary/aromatic N) is 3. The van der Waals surface area contributed by atoms with E-state index in [1.165, 1.54) is 0 Å². The largest absolute Gasteiger partial charge is 0.363 e. The molecule has 0 saturated carbocycles. The van der Waals surface area contributed by atoms with Crippen LogP contribution in [0.4, 0.5) is 32.0 Å². The normalized spacial score (nSPS) is 14.7. The van der Waals surface area contributed by atoms with E-state index < -0.39 is 52.3 Å². The Bertz CT molecular complexity index is 821. The van der Waals surface area contributed by atoms with Crippen LogP contribution in [0.3, 0.4) is 0 Å². The van der Waals surface area contributed by atoms with Gasteiger partial charge < -0.3 is 9.80 Å². The van der Waals surface area contributed by atoms with Crippen molar-refractivity contribution in [2.24, 2.45) is 0 Å². The summed E-state index contributed by atoms with van der Waals surface area (Å²) < 4.78 is 81.4. The molecule has 0 N–H and O–H groups in total. The van der Waals surface area contributed by atoms with Crippen molar-refractivity contribution >= 4 is 11.6 Å². The molecule has 1 aromatic heterocycles. The topological polar surface area (TPSA) is 36.4 Å². The molecule has 0 aliphatic carbocycles. The van der Waals surface area contributed by atoms with Crippen molar-refractivity contribution < 1.29 is 31.1 Å². The molecule has 3 rings (SSSR count). The highest BCUT2D eigenvalue weighted by atomic mass is 19.2. The van der Waals surface area contributed by atoms with Crippen LogP contribution in [0.5, 0.6) is 0 Å². The van der Waals surface area contributed by atoms with Gasteiger partial charge in [-0.1, -0.05) is 6.07 Å². The van der Waals surface area contributed by atoms with E-state index in [2.05, 4.69) is 4.98 Å². The number of amides is 1. The molecule has 2 aromatic rings. The molecule has 0 unspecified atom stereocenters. The first kappa shape index (κ1) is 18.0. The molecule has 26 heavy (non-hydrogen) atoms. The summed E-state index contributed by atoms with van der Waals surface area (Å²) in [4.78, 5) is 16.8. The molecule has 0 spiro atoms. The summed E-state index contributed by atoms with van der Waals surface area (Å²) in [6.45, 7) is -0.703. The van der Waals surface area contributed by atoms with E-state index >= 15 is 0 Å². The first-order valence-electron chi connectivity index (χ1n) is 7.49. The van der Waals surface area contributed by atoms with Crippen LogP contribution in [0, 0.1) is 35.2 Å². The van der Waals surface area contributed by atoms with Crippen LogP contribution in [-0.4, -0.2) is 42.0 Å². The van der Waals surface area contributed by atoms with Gasteiger partial charge in [-0.15, -0.1) is 0 Å². The van der Waals surface area contributed by atoms with Gasteiger partial charge >= 0.3 is 0 Å². The Balaban J connectivity index is 1.79. The van der Waals surface area contributed by atoms with Crippen LogP contribution >= 0.6 is 0 Å². The van der Waals surface area contributed by atoms with E-state index in [-0.39, 0.29) is 26.2 Å². The van der Waals surface area contributed by atoms with Crippen molar-refractivity contribution in [2.75, 3.05) is 31.1 Å². The zero-order chi connectivity index (χ0) is 19.0. The summed E-state index contributed by atoms with van der Waals surface area (Å²) in [5.74, 6) is -9.86. The average Bonchev–Trinajstić information content (AvgIpc) is 2.60. The number of carbonyl (C=O) groups excluding carboxylic acids is 1. The molecule has 0 bridgehead atoms. The maximum absolute atomic E-state index is 13.8. The Hall–Kier alpha value is -2.78. The van der Waals surface area contributed by atoms with E-state index in [0.717, 1.165) is 28.0 Å². The number of benzene rings is 1. The van der Waals surface area contributed by atoms with Crippen LogP contribution in [0.2, 0.25) is 0 Å². The number of carbonyl (C=O) groups is 1. The molecule has 0 radical (unpaired) electrons. The van der Waals surface area contributed by atoms with Crippen molar-refractivity contribution in [1.82, 2.24) is 9.88 Å². The average molecular weight is 375 g/mol. The van der Waals surface area contributed by atoms with Gasteiger partial charge in [0.2, 0.25) is 11.6 Å². The molecule has 10 heteroatoms. The zero-order valence-corrected chi connectivity index (χ0v) is 13.1. The van der Waals surface area contributed by atoms with Crippen molar-refractivity contribution in [3.63, 3.8) is 0 Å². The van der Waals surface area contributed by atoms with Gasteiger partial charge in [-0.2, -0.15) is 22.5 Å². The molecule has 0 atom stereocenters. The number of halogens is 6. The third kappa shape index (κ3) is 3.06. The monoisotopic (exact) mass is 375 g/mol. The number of piperazine rings is 1. The number of rotatable bonds is 2. The minimum absolute atomic E-state index is 0.156. The highest BCUT2D eigenvalue weighted by Crippen LogP contribution is 2.27. The van der Waals surface area contributed by atoms with E-state index in [0.29, 0.717) is 0 Å². The van der Waals surface area contributed by atoms with Crippen molar-refractivity contribution in [3.05, 3.63) is 58.9 Å². The minimum Gasteiger partial charge on any atom is -0.363 e. The molecule has 1 amide bonds. The summed E-state index contributed by atoms with van der Waals surface area (Å²) in [5.41, 5.74) is -1.67. The van der Waals surface area contributed by atoms with Gasteiger partial charge in [-0.25, -0.2) is 8.78 Å². The van der Waals surface area contributed by atoms with Crippen LogP contribution in [0.15, 0.2) is 18.2 Å². The lowest BCUT2D eigenvalue weighted by Gasteiger charge is -2.36. The van der Waals surface area contributed by atoms with Crippen molar-refractivity contribution in [2.45, 2.75) is 0 Å². The second-order valence-electron chi connectivity index (χ2n) is 5.55. The lowest BCUT2D eigenvalue weighted by atomic mass is 10.1. The third-order valence-electron chi connectivity index (χ3n) is 4.03. The molecular weight excluding hydrogens is 364 g/mol. The predicted molar refractivity (Wildman–Crippen MR) is 78.5 cm³/mol. The fourth-order valence-corrected chi connectivity index (χ4v) is 2.75. The first-order valence-corrected chi connectivity index (χ1v) is 7.49. The van der Waals surface area contributed by atoms with Crippen LogP contribution < -0.4 is 4.90 Å². The minimum atomic E-state index is -1.79. The summed E-state index contributed by atoms with van der Waals surface area (Å²) in [7, 11) is 0. The van der Waals surface area contributed by atoms with Gasteiger partial charge in [0.15, 0.2) is 0 Å². The number of hydrogen-bond acceptors (Lipinski definition) is 3. The number of pyridine rings is 1. The third-order valence-corrected chi connectivity index (χ3v) is 4.03. The number of aromatic nitrogens is 1. The quantitative estimate of drug-likeness (QED) is 0.598. The lowest BCUT2D eigenvalue weighted by molar-refractivity contribution is 0.0736. The van der Waals surface area contributed by atoms with Gasteiger partial charge in [0.25, 0.3) is 17.8 Å². The Kier molecular flexibility index (Phi) is 4.75. The highest BCUT2D eigenvalue weighted by Gasteiger charge is 2.31. The molecule has 1 saturated heterocycles. The fourth-order valence-electron chi connectivity index (χ4n) is 2.75. The Morgan fingerprint density at radius 3 is 1.85 bits per heavy atom. The Morgan fingerprint density at radius 1 is 0.846 bits per heavy atom. The maximum atomic E-state index is 13.8. The van der Waals surface area contributed by atoms with Gasteiger partial charge in [-0.05, 0) is 12.1 Å². The Labute approximate surface area is 143 Å². The first-order chi connectivity index (χ1) is 12.3. The van der Waals surface area contributed by atoms with Crippen molar-refractivity contribution in [1.29, 1.82) is 0 Å². The SMILES string of the molecule is O=C(c1c(F)cccc1F)N1CCN(c2c(F)c(F)nc(F)c2F)CC1. The molecular formula is C16H11F6N3O. The standard InChI is InChI=1S/C16H11F6N3O/c17-8-2-1-3-9(18)10(8)16(26)25-6-4-24(5-7-25)13-11(19)14(21)23-15(22)12(13)20/h1-3H,4-7H2. The number of hydrogen-bond donors (Lipinski definition) is 0. The predicted octanol–water partition coefficient (Wildman–Crippen LogP) is 2.88. The van der Waals surface area contributed by atoms with Gasteiger partial charge in [0.05, 0.1) is 0 Å². The molecule has 1 aromatic carbocycles. The molecule has 4 nitrogen and oxygen atoms in total. The summed E-state index contributed by atoms with van der Waals surface area (Å²) in [5, 5.41) is 0. The van der Waals surface area contributed by atoms with E-state index in [1.54, 1.807) is 0 Å². The van der Waals surface area contributed by atoms with Crippen molar-refractivity contribution in [3.8, 4) is 0 Å². The number of anilines is 1. The summed E-state index contributed by atoms with van der Waals surface area (Å²) in [6, 6.07) is 2.97. The maximum Gasteiger partial charge on any atom is 0.259 e. The van der Waals surface area contributed by atoms with E-state index in [1.807, 2.05) is 0 Å². The second-order valence-corrected chi connectivity index (χ2v) is 5.55. The smallest absolute Gasteiger partial charge is 0.259 e. The van der Waals surface area contributed by atoms with Crippen LogP contribution in [-0.2, 0) is 0 Å². The van der Waals surface area contributed by atoms with Gasteiger partial charge in [0.1, 0.15) is 22.9 Å². The highest BCUT2D eigenvalue weighted by molar-refractivity contribution is 5.95. The molecule has 2 heterocycles. The van der Waals surface area contributed by atoms with E-state index in [9.17, 15) is 31.1 Å². The second kappa shape index (κ2) is 6.85. The molecule has 1 aliphatic heterocycles. The Morgan fingerprint density at radius 2 is 1.35 bits per heavy atom. The zero-order valence-electron chi connectivity index (χ0n) is 13.1. The molecule has 138 valence electrons. The summed E-state index contributed by atoms with van der Waals surface area (Å²) in [6.07, 6.45) is 0. The van der Waals surface area contributed by atoms with Gasteiger partial charge in [0, 0.05) is 26.2 Å². The lowest BCUT2D eigenvalue weighted by Crippen LogP contribution is -2.49. The molecule has 1 aliphatic rings. The van der Waals surface area contributed by atoms with Crippen LogP contribution in [0.1, 0.15) is 10.4 Å². The van der Waals surface area contributed by atoms with Crippen LogP contribution in [0.25, 0.3) is 0 Å².